The molecule has 0 spiro atoms. The molecule has 4 nitrogen and oxygen atoms in total. The van der Waals surface area contributed by atoms with E-state index in [1.807, 2.05) is 6.08 Å². The van der Waals surface area contributed by atoms with Crippen molar-refractivity contribution >= 4 is 29.9 Å². The van der Waals surface area contributed by atoms with Gasteiger partial charge in [-0.15, -0.1) is 12.4 Å². The molecule has 2 rings (SSSR count). The normalized spacial score (nSPS) is 12.9. The molecule has 0 bridgehead atoms. The molecule has 0 atom stereocenters. The molecule has 1 heterocycles. The number of thioether (sulfide) groups is 1. The summed E-state index contributed by atoms with van der Waals surface area (Å²) in [4.78, 5) is 10.9. The highest BCUT2D eigenvalue weighted by Crippen LogP contribution is 2.36. The Morgan fingerprint density at radius 1 is 1.40 bits per heavy atom. The minimum atomic E-state index is -0.387. The number of ether oxygens (including phenoxy) is 1. The van der Waals surface area contributed by atoms with Gasteiger partial charge in [-0.05, 0) is 17.8 Å². The molecule has 0 saturated carbocycles. The Bertz CT molecular complexity index is 408. The molecular formula is C9H8ClNO3S. The Morgan fingerprint density at radius 2 is 2.07 bits per heavy atom. The third kappa shape index (κ3) is 2.64. The van der Waals surface area contributed by atoms with Gasteiger partial charge < -0.3 is 4.74 Å². The zero-order valence-electron chi connectivity index (χ0n) is 7.58. The third-order valence-electron chi connectivity index (χ3n) is 1.75. The van der Waals surface area contributed by atoms with Crippen LogP contribution >= 0.6 is 24.2 Å². The summed E-state index contributed by atoms with van der Waals surface area (Å²) in [7, 11) is 0. The van der Waals surface area contributed by atoms with Gasteiger partial charge in [-0.1, -0.05) is 12.1 Å². The summed E-state index contributed by atoms with van der Waals surface area (Å²) >= 11 is 1.28. The summed E-state index contributed by atoms with van der Waals surface area (Å²) in [5.41, 5.74) is 0.119. The van der Waals surface area contributed by atoms with Crippen molar-refractivity contribution in [3.8, 4) is 0 Å². The second-order valence-electron chi connectivity index (χ2n) is 2.66. The van der Waals surface area contributed by atoms with Crippen LogP contribution in [0.25, 0.3) is 0 Å². The summed E-state index contributed by atoms with van der Waals surface area (Å²) < 4.78 is 5.07. The van der Waals surface area contributed by atoms with E-state index >= 15 is 0 Å². The Morgan fingerprint density at radius 3 is 2.60 bits per heavy atom. The number of rotatable bonds is 3. The zero-order valence-corrected chi connectivity index (χ0v) is 9.22. The predicted molar refractivity (Wildman–Crippen MR) is 60.2 cm³/mol. The predicted octanol–water partition coefficient (Wildman–Crippen LogP) is 2.98. The number of hydrogen-bond donors (Lipinski definition) is 0. The van der Waals surface area contributed by atoms with E-state index in [9.17, 15) is 10.1 Å². The lowest BCUT2D eigenvalue weighted by Gasteiger charge is -2.15. The van der Waals surface area contributed by atoms with Gasteiger partial charge in [-0.3, -0.25) is 10.1 Å². The average Bonchev–Trinajstić information content (AvgIpc) is 2.12. The van der Waals surface area contributed by atoms with E-state index < -0.39 is 0 Å². The first-order valence-electron chi connectivity index (χ1n) is 4.01. The van der Waals surface area contributed by atoms with Crippen LogP contribution in [0.5, 0.6) is 0 Å². The summed E-state index contributed by atoms with van der Waals surface area (Å²) in [5, 5.41) is 11.4. The second-order valence-corrected chi connectivity index (χ2v) is 3.71. The number of para-hydroxylation sites is 1. The molecule has 0 aliphatic carbocycles. The Kier molecular flexibility index (Phi) is 3.99. The fourth-order valence-corrected chi connectivity index (χ4v) is 1.91. The molecule has 15 heavy (non-hydrogen) atoms. The topological polar surface area (TPSA) is 52.4 Å². The van der Waals surface area contributed by atoms with Crippen molar-refractivity contribution in [2.75, 3.05) is 6.61 Å². The lowest BCUT2D eigenvalue weighted by atomic mass is 10.3. The maximum absolute atomic E-state index is 10.6. The van der Waals surface area contributed by atoms with E-state index in [4.69, 9.17) is 4.74 Å². The van der Waals surface area contributed by atoms with Crippen molar-refractivity contribution in [1.82, 2.24) is 0 Å². The molecular weight excluding hydrogens is 238 g/mol. The largest absolute Gasteiger partial charge is 0.483 e. The molecule has 0 fully saturated rings. The molecule has 1 aromatic rings. The van der Waals surface area contributed by atoms with Gasteiger partial charge in [0.05, 0.1) is 9.82 Å². The summed E-state index contributed by atoms with van der Waals surface area (Å²) in [6.07, 6.45) is 1.89. The van der Waals surface area contributed by atoms with E-state index in [1.54, 1.807) is 18.2 Å². The highest BCUT2D eigenvalue weighted by molar-refractivity contribution is 8.03. The van der Waals surface area contributed by atoms with Gasteiger partial charge in [0, 0.05) is 12.1 Å². The van der Waals surface area contributed by atoms with E-state index in [0.717, 1.165) is 5.09 Å². The van der Waals surface area contributed by atoms with Crippen LogP contribution in [-0.2, 0) is 4.74 Å². The minimum Gasteiger partial charge on any atom is -0.483 e. The second kappa shape index (κ2) is 5.04. The quantitative estimate of drug-likeness (QED) is 0.607. The Balaban J connectivity index is 0.00000112. The molecule has 0 amide bonds. The Hall–Kier alpha value is -1.20. The standard InChI is InChI=1S/C9H7NO3S.ClH/c11-10(12)7-3-1-2-4-8(7)14-9-5-6-13-9;/h1-5H,6H2;1H. The van der Waals surface area contributed by atoms with Crippen LogP contribution in [0.15, 0.2) is 40.3 Å². The highest BCUT2D eigenvalue weighted by atomic mass is 35.5. The van der Waals surface area contributed by atoms with E-state index in [2.05, 4.69) is 0 Å². The van der Waals surface area contributed by atoms with Crippen LogP contribution < -0.4 is 0 Å². The number of benzene rings is 1. The van der Waals surface area contributed by atoms with Gasteiger partial charge in [0.1, 0.15) is 6.61 Å². The number of halogens is 1. The molecule has 1 aromatic carbocycles. The molecule has 6 heteroatoms. The molecule has 0 radical (unpaired) electrons. The Labute approximate surface area is 96.9 Å². The maximum Gasteiger partial charge on any atom is 0.283 e. The fraction of sp³-hybridized carbons (Fsp3) is 0.111. The lowest BCUT2D eigenvalue weighted by molar-refractivity contribution is -0.387. The summed E-state index contributed by atoms with van der Waals surface area (Å²) in [6, 6.07) is 6.62. The lowest BCUT2D eigenvalue weighted by Crippen LogP contribution is -2.01. The molecule has 0 saturated heterocycles. The van der Waals surface area contributed by atoms with Crippen molar-refractivity contribution in [2.24, 2.45) is 0 Å². The molecule has 0 unspecified atom stereocenters. The first kappa shape index (κ1) is 11.9. The zero-order chi connectivity index (χ0) is 9.97. The van der Waals surface area contributed by atoms with Gasteiger partial charge in [0.2, 0.25) is 0 Å². The van der Waals surface area contributed by atoms with Crippen LogP contribution in [-0.4, -0.2) is 11.5 Å². The van der Waals surface area contributed by atoms with Gasteiger partial charge in [-0.25, -0.2) is 0 Å². The van der Waals surface area contributed by atoms with Gasteiger partial charge in [0.15, 0.2) is 5.09 Å². The van der Waals surface area contributed by atoms with Gasteiger partial charge in [0.25, 0.3) is 5.69 Å². The molecule has 1 aliphatic rings. The van der Waals surface area contributed by atoms with Crippen molar-refractivity contribution in [1.29, 1.82) is 0 Å². The van der Waals surface area contributed by atoms with Crippen LogP contribution in [0.1, 0.15) is 0 Å². The van der Waals surface area contributed by atoms with Crippen molar-refractivity contribution < 1.29 is 9.66 Å². The maximum atomic E-state index is 10.6. The van der Waals surface area contributed by atoms with Crippen LogP contribution in [0.4, 0.5) is 5.69 Å². The number of nitrogens with zero attached hydrogens (tertiary/aromatic N) is 1. The van der Waals surface area contributed by atoms with E-state index in [-0.39, 0.29) is 23.0 Å². The average molecular weight is 246 g/mol. The van der Waals surface area contributed by atoms with Crippen LogP contribution in [0, 0.1) is 10.1 Å². The molecule has 0 N–H and O–H groups in total. The van der Waals surface area contributed by atoms with Gasteiger partial charge >= 0.3 is 0 Å². The van der Waals surface area contributed by atoms with Crippen molar-refractivity contribution in [2.45, 2.75) is 4.90 Å². The third-order valence-corrected chi connectivity index (χ3v) is 2.80. The van der Waals surface area contributed by atoms with Crippen molar-refractivity contribution in [3.05, 3.63) is 45.5 Å². The SMILES string of the molecule is Cl.O=[N+]([O-])c1ccccc1SC1=CCO1. The number of hydrogen-bond acceptors (Lipinski definition) is 4. The smallest absolute Gasteiger partial charge is 0.283 e. The highest BCUT2D eigenvalue weighted by Gasteiger charge is 2.17. The fourth-order valence-electron chi connectivity index (χ4n) is 1.03. The number of nitro benzene ring substituents is 1. The first-order chi connectivity index (χ1) is 6.77. The van der Waals surface area contributed by atoms with E-state index in [1.165, 1.54) is 17.8 Å². The molecule has 1 aliphatic heterocycles. The number of nitro groups is 1. The van der Waals surface area contributed by atoms with Gasteiger partial charge in [-0.2, -0.15) is 0 Å². The van der Waals surface area contributed by atoms with Crippen LogP contribution in [0.3, 0.4) is 0 Å². The van der Waals surface area contributed by atoms with E-state index in [0.29, 0.717) is 11.5 Å². The monoisotopic (exact) mass is 245 g/mol. The molecule has 80 valence electrons. The summed E-state index contributed by atoms with van der Waals surface area (Å²) in [5.74, 6) is 0. The minimum absolute atomic E-state index is 0. The first-order valence-corrected chi connectivity index (χ1v) is 4.83. The van der Waals surface area contributed by atoms with Crippen LogP contribution in [0.2, 0.25) is 0 Å². The summed E-state index contributed by atoms with van der Waals surface area (Å²) in [6.45, 7) is 0.600. The molecule has 0 aromatic heterocycles. The van der Waals surface area contributed by atoms with Crippen molar-refractivity contribution in [3.63, 3.8) is 0 Å².